The van der Waals surface area contributed by atoms with E-state index in [2.05, 4.69) is 42.3 Å². The number of unbranched alkanes of at least 4 members (excludes halogenated alkanes) is 13. The fourth-order valence-corrected chi connectivity index (χ4v) is 4.00. The van der Waals surface area contributed by atoms with Crippen LogP contribution in [0.5, 0.6) is 0 Å². The quantitative estimate of drug-likeness (QED) is 0.173. The van der Waals surface area contributed by atoms with Gasteiger partial charge in [0.1, 0.15) is 12.4 Å². The third-order valence-electron chi connectivity index (χ3n) is 5.85. The summed E-state index contributed by atoms with van der Waals surface area (Å²) in [6.45, 7) is 9.32. The van der Waals surface area contributed by atoms with E-state index in [4.69, 9.17) is 0 Å². The zero-order valence-corrected chi connectivity index (χ0v) is 19.0. The van der Waals surface area contributed by atoms with E-state index >= 15 is 0 Å². The summed E-state index contributed by atoms with van der Waals surface area (Å²) in [5, 5.41) is 0. The van der Waals surface area contributed by atoms with Crippen LogP contribution in [0.2, 0.25) is 0 Å². The van der Waals surface area contributed by atoms with Crippen molar-refractivity contribution in [3.8, 4) is 0 Å². The van der Waals surface area contributed by atoms with Crippen molar-refractivity contribution in [3.05, 3.63) is 18.2 Å². The molecule has 0 aromatic carbocycles. The average Bonchev–Trinajstić information content (AvgIpc) is 3.06. The SMILES string of the molecule is CCCCCCCCCCCn1cc[n+](CCCC)c1CCCCCCC. The number of aryl methyl sites for hydroxylation is 2. The van der Waals surface area contributed by atoms with Crippen LogP contribution in [0.25, 0.3) is 0 Å². The lowest BCUT2D eigenvalue weighted by molar-refractivity contribution is -0.704. The summed E-state index contributed by atoms with van der Waals surface area (Å²) >= 11 is 0. The lowest BCUT2D eigenvalue weighted by Gasteiger charge is -2.06. The van der Waals surface area contributed by atoms with Gasteiger partial charge in [-0.05, 0) is 25.7 Å². The smallest absolute Gasteiger partial charge is 0.234 e. The Hall–Kier alpha value is -0.790. The van der Waals surface area contributed by atoms with Crippen molar-refractivity contribution in [2.24, 2.45) is 0 Å². The molecule has 27 heavy (non-hydrogen) atoms. The fraction of sp³-hybridized carbons (Fsp3) is 0.880. The molecule has 0 spiro atoms. The van der Waals surface area contributed by atoms with Gasteiger partial charge in [0, 0.05) is 6.42 Å². The molecule has 1 heterocycles. The van der Waals surface area contributed by atoms with E-state index in [0.717, 1.165) is 0 Å². The maximum atomic E-state index is 2.57. The Balaban J connectivity index is 2.31. The largest absolute Gasteiger partial charge is 0.256 e. The second-order valence-electron chi connectivity index (χ2n) is 8.45. The molecule has 0 amide bonds. The van der Waals surface area contributed by atoms with Crippen LogP contribution in [0.1, 0.15) is 129 Å². The van der Waals surface area contributed by atoms with Gasteiger partial charge in [0.2, 0.25) is 0 Å². The van der Waals surface area contributed by atoms with Gasteiger partial charge in [-0.3, -0.25) is 0 Å². The highest BCUT2D eigenvalue weighted by Gasteiger charge is 2.16. The van der Waals surface area contributed by atoms with Crippen molar-refractivity contribution in [1.29, 1.82) is 0 Å². The molecule has 158 valence electrons. The van der Waals surface area contributed by atoms with Gasteiger partial charge in [-0.25, -0.2) is 9.13 Å². The van der Waals surface area contributed by atoms with E-state index in [1.165, 1.54) is 122 Å². The molecule has 1 aromatic rings. The van der Waals surface area contributed by atoms with Gasteiger partial charge < -0.3 is 0 Å². The van der Waals surface area contributed by atoms with E-state index in [1.54, 1.807) is 5.82 Å². The Labute approximate surface area is 170 Å². The van der Waals surface area contributed by atoms with Crippen molar-refractivity contribution in [2.45, 2.75) is 143 Å². The minimum atomic E-state index is 1.20. The second-order valence-corrected chi connectivity index (χ2v) is 8.45. The molecular weight excluding hydrogens is 328 g/mol. The normalized spacial score (nSPS) is 11.4. The molecule has 0 aliphatic rings. The summed E-state index contributed by atoms with van der Waals surface area (Å²) < 4.78 is 5.10. The van der Waals surface area contributed by atoms with Crippen molar-refractivity contribution >= 4 is 0 Å². The van der Waals surface area contributed by atoms with Crippen LogP contribution in [0.3, 0.4) is 0 Å². The molecule has 2 nitrogen and oxygen atoms in total. The molecule has 1 rings (SSSR count). The van der Waals surface area contributed by atoms with Crippen LogP contribution in [0.15, 0.2) is 12.4 Å². The minimum absolute atomic E-state index is 1.20. The molecule has 0 atom stereocenters. The fourth-order valence-electron chi connectivity index (χ4n) is 4.00. The number of hydrogen-bond acceptors (Lipinski definition) is 0. The van der Waals surface area contributed by atoms with E-state index in [9.17, 15) is 0 Å². The highest BCUT2D eigenvalue weighted by atomic mass is 15.1. The predicted octanol–water partition coefficient (Wildman–Crippen LogP) is 7.62. The van der Waals surface area contributed by atoms with Gasteiger partial charge in [-0.2, -0.15) is 0 Å². The first-order valence-corrected chi connectivity index (χ1v) is 12.4. The highest BCUT2D eigenvalue weighted by molar-refractivity contribution is 4.84. The molecule has 0 saturated heterocycles. The van der Waals surface area contributed by atoms with Crippen molar-refractivity contribution in [2.75, 3.05) is 0 Å². The maximum absolute atomic E-state index is 2.57. The monoisotopic (exact) mass is 377 g/mol. The van der Waals surface area contributed by atoms with Gasteiger partial charge in [0.15, 0.2) is 0 Å². The predicted molar refractivity (Wildman–Crippen MR) is 119 cm³/mol. The summed E-state index contributed by atoms with van der Waals surface area (Å²) in [7, 11) is 0. The minimum Gasteiger partial charge on any atom is -0.234 e. The Kier molecular flexibility index (Phi) is 15.6. The van der Waals surface area contributed by atoms with Crippen LogP contribution in [0.4, 0.5) is 0 Å². The average molecular weight is 378 g/mol. The Morgan fingerprint density at radius 3 is 1.74 bits per heavy atom. The summed E-state index contributed by atoms with van der Waals surface area (Å²) in [5.74, 6) is 1.58. The first-order valence-electron chi connectivity index (χ1n) is 12.4. The number of aromatic nitrogens is 2. The molecule has 0 saturated carbocycles. The van der Waals surface area contributed by atoms with Crippen LogP contribution in [-0.4, -0.2) is 4.57 Å². The Morgan fingerprint density at radius 1 is 0.630 bits per heavy atom. The molecule has 0 bridgehead atoms. The number of nitrogens with zero attached hydrogens (tertiary/aromatic N) is 2. The van der Waals surface area contributed by atoms with Crippen LogP contribution >= 0.6 is 0 Å². The zero-order valence-electron chi connectivity index (χ0n) is 19.0. The molecule has 0 unspecified atom stereocenters. The lowest BCUT2D eigenvalue weighted by atomic mass is 10.1. The second kappa shape index (κ2) is 17.3. The molecule has 0 N–H and O–H groups in total. The summed E-state index contributed by atoms with van der Waals surface area (Å²) in [6.07, 6.45) is 28.2. The molecule has 1 aromatic heterocycles. The van der Waals surface area contributed by atoms with E-state index in [0.29, 0.717) is 0 Å². The van der Waals surface area contributed by atoms with Gasteiger partial charge in [-0.15, -0.1) is 0 Å². The molecule has 0 aliphatic carbocycles. The molecular formula is C25H49N2+. The molecule has 0 aliphatic heterocycles. The van der Waals surface area contributed by atoms with Gasteiger partial charge in [0.25, 0.3) is 5.82 Å². The Morgan fingerprint density at radius 2 is 1.15 bits per heavy atom. The molecule has 0 radical (unpaired) electrons. The van der Waals surface area contributed by atoms with Gasteiger partial charge in [-0.1, -0.05) is 97.8 Å². The number of imidazole rings is 1. The maximum Gasteiger partial charge on any atom is 0.256 e. The lowest BCUT2D eigenvalue weighted by Crippen LogP contribution is -2.37. The van der Waals surface area contributed by atoms with Crippen LogP contribution in [-0.2, 0) is 19.5 Å². The molecule has 2 heteroatoms. The molecule has 0 fully saturated rings. The highest BCUT2D eigenvalue weighted by Crippen LogP contribution is 2.12. The van der Waals surface area contributed by atoms with E-state index in [-0.39, 0.29) is 0 Å². The number of rotatable bonds is 19. The third-order valence-corrected chi connectivity index (χ3v) is 5.85. The standard InChI is InChI=1S/C25H49N2/c1-4-7-10-12-13-14-15-17-19-22-27-24-23-26(21-9-6-3)25(27)20-18-16-11-8-5-2/h23-24H,4-22H2,1-3H3/q+1. The van der Waals surface area contributed by atoms with Gasteiger partial charge in [0.05, 0.1) is 13.1 Å². The van der Waals surface area contributed by atoms with Crippen molar-refractivity contribution < 1.29 is 4.57 Å². The van der Waals surface area contributed by atoms with Crippen LogP contribution < -0.4 is 4.57 Å². The first-order chi connectivity index (χ1) is 13.3. The van der Waals surface area contributed by atoms with E-state index < -0.39 is 0 Å². The summed E-state index contributed by atoms with van der Waals surface area (Å²) in [5.41, 5.74) is 0. The zero-order chi connectivity index (χ0) is 19.6. The summed E-state index contributed by atoms with van der Waals surface area (Å²) in [6, 6.07) is 0. The third kappa shape index (κ3) is 11.6. The van der Waals surface area contributed by atoms with Gasteiger partial charge >= 0.3 is 0 Å². The number of hydrogen-bond donors (Lipinski definition) is 0. The van der Waals surface area contributed by atoms with Crippen molar-refractivity contribution in [3.63, 3.8) is 0 Å². The first kappa shape index (κ1) is 24.2. The Bertz CT molecular complexity index is 436. The summed E-state index contributed by atoms with van der Waals surface area (Å²) in [4.78, 5) is 0. The van der Waals surface area contributed by atoms with Crippen LogP contribution in [0, 0.1) is 0 Å². The topological polar surface area (TPSA) is 8.81 Å². The van der Waals surface area contributed by atoms with E-state index in [1.807, 2.05) is 0 Å². The van der Waals surface area contributed by atoms with Crippen molar-refractivity contribution in [1.82, 2.24) is 4.57 Å².